The van der Waals surface area contributed by atoms with Crippen LogP contribution in [0.15, 0.2) is 126 Å². The molecule has 4 fully saturated rings. The monoisotopic (exact) mass is 806 g/mol. The number of carbonyl (C=O) groups excluding carboxylic acids is 4. The number of aliphatic imine (C=N–C) groups is 1. The third-order valence-corrected chi connectivity index (χ3v) is 10.1. The molecule has 2 N–H and O–H groups in total. The van der Waals surface area contributed by atoms with Crippen LogP contribution in [0.2, 0.25) is 0 Å². The molecule has 308 valence electrons. The van der Waals surface area contributed by atoms with Gasteiger partial charge in [0.05, 0.1) is 19.8 Å². The zero-order valence-electron chi connectivity index (χ0n) is 32.5. The van der Waals surface area contributed by atoms with Gasteiger partial charge in [0.1, 0.15) is 32.5 Å². The maximum atomic E-state index is 14.1. The largest absolute Gasteiger partial charge is 0.445 e. The number of alkyl carbamates (subject to hydrolysis) is 2. The summed E-state index contributed by atoms with van der Waals surface area (Å²) in [4.78, 5) is 59.1. The molecule has 1 aliphatic carbocycles. The Kier molecular flexibility index (Phi) is 13.2. The van der Waals surface area contributed by atoms with Crippen molar-refractivity contribution >= 4 is 30.3 Å². The van der Waals surface area contributed by atoms with Gasteiger partial charge in [0.2, 0.25) is 5.96 Å². The van der Waals surface area contributed by atoms with Crippen molar-refractivity contribution in [2.45, 2.75) is 51.8 Å². The molecule has 8 rings (SSSR count). The second kappa shape index (κ2) is 19.0. The van der Waals surface area contributed by atoms with Gasteiger partial charge in [-0.25, -0.2) is 24.1 Å². The van der Waals surface area contributed by atoms with Gasteiger partial charge >= 0.3 is 30.3 Å². The van der Waals surface area contributed by atoms with E-state index in [1.165, 1.54) is 0 Å². The van der Waals surface area contributed by atoms with Crippen LogP contribution in [0.5, 0.6) is 0 Å². The Hall–Kier alpha value is -6.29. The number of nitrogens with zero attached hydrogens (tertiary/aromatic N) is 2. The van der Waals surface area contributed by atoms with Crippen molar-refractivity contribution < 1.29 is 52.3 Å². The summed E-state index contributed by atoms with van der Waals surface area (Å²) >= 11 is 0. The Labute approximate surface area is 341 Å². The van der Waals surface area contributed by atoms with E-state index in [0.717, 1.165) is 10.5 Å². The quantitative estimate of drug-likeness (QED) is 0.0817. The highest BCUT2D eigenvalue weighted by Crippen LogP contribution is 2.50. The van der Waals surface area contributed by atoms with Crippen LogP contribution in [0.25, 0.3) is 0 Å². The van der Waals surface area contributed by atoms with Crippen molar-refractivity contribution in [3.8, 4) is 0 Å². The third-order valence-electron chi connectivity index (χ3n) is 10.1. The van der Waals surface area contributed by atoms with Crippen LogP contribution < -0.4 is 10.6 Å². The lowest BCUT2D eigenvalue weighted by Gasteiger charge is -2.53. The molecule has 4 amide bonds. The van der Waals surface area contributed by atoms with Gasteiger partial charge in [0.25, 0.3) is 0 Å². The molecule has 0 unspecified atom stereocenters. The maximum absolute atomic E-state index is 14.1. The fourth-order valence-electron chi connectivity index (χ4n) is 6.71. The second-order valence-corrected chi connectivity index (χ2v) is 14.9. The van der Waals surface area contributed by atoms with Crippen molar-refractivity contribution in [3.63, 3.8) is 0 Å². The summed E-state index contributed by atoms with van der Waals surface area (Å²) in [5, 5.41) is 5.40. The minimum atomic E-state index is -1.63. The summed E-state index contributed by atoms with van der Waals surface area (Å²) in [6, 6.07) is 35.3. The minimum absolute atomic E-state index is 0.0222. The van der Waals surface area contributed by atoms with Crippen molar-refractivity contribution in [1.82, 2.24) is 15.5 Å². The number of fused-ring (bicyclic) bond motifs is 3. The van der Waals surface area contributed by atoms with E-state index >= 15 is 0 Å². The van der Waals surface area contributed by atoms with E-state index in [1.54, 1.807) is 72.8 Å². The molecule has 0 spiro atoms. The summed E-state index contributed by atoms with van der Waals surface area (Å²) in [6.45, 7) is 2.52. The lowest BCUT2D eigenvalue weighted by atomic mass is 9.90. The molecular weight excluding hydrogens is 761 g/mol. The Morgan fingerprint density at radius 2 is 1.10 bits per heavy atom. The van der Waals surface area contributed by atoms with Gasteiger partial charge in [-0.15, -0.1) is 4.99 Å². The van der Waals surface area contributed by atoms with Gasteiger partial charge in [-0.3, -0.25) is 5.32 Å². The molecule has 0 radical (unpaired) electrons. The molecule has 3 aliphatic heterocycles. The molecule has 15 nitrogen and oxygen atoms in total. The van der Waals surface area contributed by atoms with E-state index in [1.807, 2.05) is 55.5 Å². The van der Waals surface area contributed by atoms with Gasteiger partial charge in [-0.05, 0) is 40.5 Å². The number of carbonyl (C=O) groups is 4. The van der Waals surface area contributed by atoms with Crippen LogP contribution >= 0.6 is 0 Å². The van der Waals surface area contributed by atoms with Crippen LogP contribution in [0, 0.1) is 17.3 Å². The molecule has 4 aromatic carbocycles. The molecular formula is C44H46N4O11. The molecule has 2 bridgehead atoms. The Morgan fingerprint density at radius 3 is 1.59 bits per heavy atom. The molecule has 3 saturated heterocycles. The Bertz CT molecular complexity index is 2050. The number of hydrogen-bond acceptors (Lipinski definition) is 11. The van der Waals surface area contributed by atoms with Crippen molar-refractivity contribution in [1.29, 1.82) is 0 Å². The smallest absolute Gasteiger partial charge is 0.437 e. The first-order valence-corrected chi connectivity index (χ1v) is 19.3. The zero-order chi connectivity index (χ0) is 41.1. The number of amides is 4. The normalized spacial score (nSPS) is 22.3. The van der Waals surface area contributed by atoms with E-state index in [-0.39, 0.29) is 44.3 Å². The summed E-state index contributed by atoms with van der Waals surface area (Å²) in [5.74, 6) is -2.89. The van der Waals surface area contributed by atoms with E-state index in [0.29, 0.717) is 42.9 Å². The predicted molar refractivity (Wildman–Crippen MR) is 211 cm³/mol. The SMILES string of the molecule is CC12COC([C@@H](NC(=O)OCc3ccccc3)[C@H]3C[C@@H]3CN(C(=O)OCc3ccccc3)/C(=N\C(=O)OCc3ccccc3)NC(=O)OCc3ccccc3)(OC1)OC2. The topological polar surface area (TPSA) is 173 Å². The highest BCUT2D eigenvalue weighted by molar-refractivity contribution is 6.04. The van der Waals surface area contributed by atoms with E-state index in [2.05, 4.69) is 15.6 Å². The van der Waals surface area contributed by atoms with E-state index < -0.39 is 48.3 Å². The second-order valence-electron chi connectivity index (χ2n) is 14.9. The number of benzene rings is 4. The van der Waals surface area contributed by atoms with Gasteiger partial charge < -0.3 is 38.5 Å². The highest BCUT2D eigenvalue weighted by Gasteiger charge is 2.62. The van der Waals surface area contributed by atoms with Gasteiger partial charge in [0.15, 0.2) is 0 Å². The molecule has 1 saturated carbocycles. The van der Waals surface area contributed by atoms with E-state index in [9.17, 15) is 19.2 Å². The summed E-state index contributed by atoms with van der Waals surface area (Å²) in [5.41, 5.74) is 2.55. The standard InChI is InChI=1S/C44H46N4O11/c1-43-28-57-44(58-29-43,59-30-43)37(45-39(49)53-24-31-14-6-2-7-15-31)36-22-35(36)23-48(42(52)56-27-34-20-12-5-13-21-34)38(46-40(50)54-25-32-16-8-3-9-17-32)47-41(51)55-26-33-18-10-4-11-19-33/h2-21,35-37H,22-30H2,1H3,(H,45,49)(H,46,47,50,51)/t35-,36+,37+,43?,44?/m1/s1. The number of nitrogens with one attached hydrogen (secondary N) is 2. The Morgan fingerprint density at radius 1 is 0.661 bits per heavy atom. The van der Waals surface area contributed by atoms with Crippen molar-refractivity contribution in [2.75, 3.05) is 26.4 Å². The Balaban J connectivity index is 1.13. The fourth-order valence-corrected chi connectivity index (χ4v) is 6.71. The third kappa shape index (κ3) is 11.2. The lowest BCUT2D eigenvalue weighted by molar-refractivity contribution is -0.475. The zero-order valence-corrected chi connectivity index (χ0v) is 32.5. The van der Waals surface area contributed by atoms with Gasteiger partial charge in [0, 0.05) is 12.0 Å². The summed E-state index contributed by atoms with van der Waals surface area (Å²) in [7, 11) is 0. The van der Waals surface area contributed by atoms with Crippen molar-refractivity contribution in [2.24, 2.45) is 22.2 Å². The molecule has 4 aromatic rings. The number of guanidine groups is 1. The first kappa shape index (κ1) is 40.9. The fraction of sp³-hybridized carbons (Fsp3) is 0.341. The maximum Gasteiger partial charge on any atom is 0.437 e. The van der Waals surface area contributed by atoms with Crippen LogP contribution in [-0.2, 0) is 59.6 Å². The average molecular weight is 807 g/mol. The minimum Gasteiger partial charge on any atom is -0.445 e. The van der Waals surface area contributed by atoms with Crippen molar-refractivity contribution in [3.05, 3.63) is 144 Å². The lowest BCUT2D eigenvalue weighted by Crippen LogP contribution is -2.68. The van der Waals surface area contributed by atoms with Gasteiger partial charge in [-0.2, -0.15) is 0 Å². The first-order chi connectivity index (χ1) is 28.7. The summed E-state index contributed by atoms with van der Waals surface area (Å²) < 4.78 is 40.7. The summed E-state index contributed by atoms with van der Waals surface area (Å²) in [6.07, 6.45) is -3.27. The first-order valence-electron chi connectivity index (χ1n) is 19.3. The molecule has 59 heavy (non-hydrogen) atoms. The van der Waals surface area contributed by atoms with Gasteiger partial charge in [-0.1, -0.05) is 128 Å². The molecule has 0 aromatic heterocycles. The molecule has 3 heterocycles. The number of hydrogen-bond donors (Lipinski definition) is 2. The van der Waals surface area contributed by atoms with Crippen LogP contribution in [0.1, 0.15) is 35.6 Å². The molecule has 4 aliphatic rings. The number of rotatable bonds is 13. The highest BCUT2D eigenvalue weighted by atomic mass is 16.9. The molecule has 15 heteroatoms. The van der Waals surface area contributed by atoms with Crippen LogP contribution in [-0.4, -0.2) is 73.6 Å². The number of ether oxygens (including phenoxy) is 7. The molecule has 3 atom stereocenters. The predicted octanol–water partition coefficient (Wildman–Crippen LogP) is 6.91. The van der Waals surface area contributed by atoms with Crippen LogP contribution in [0.4, 0.5) is 19.2 Å². The average Bonchev–Trinajstić information content (AvgIpc) is 4.04. The van der Waals surface area contributed by atoms with E-state index in [4.69, 9.17) is 33.2 Å². The van der Waals surface area contributed by atoms with Crippen LogP contribution in [0.3, 0.4) is 0 Å².